The first-order chi connectivity index (χ1) is 7.00. The zero-order valence-corrected chi connectivity index (χ0v) is 10.7. The molecule has 0 fully saturated rings. The first-order valence-corrected chi connectivity index (χ1v) is 5.12. The molecular formula is C12H19ClN2O. The molecule has 3 N–H and O–H groups in total. The van der Waals surface area contributed by atoms with Crippen LogP contribution in [0.3, 0.4) is 0 Å². The van der Waals surface area contributed by atoms with Crippen molar-refractivity contribution in [3.05, 3.63) is 29.3 Å². The molecule has 0 aliphatic heterocycles. The summed E-state index contributed by atoms with van der Waals surface area (Å²) in [5, 5.41) is 2.89. The van der Waals surface area contributed by atoms with Gasteiger partial charge in [0.2, 0.25) is 5.91 Å². The second kappa shape index (κ2) is 6.51. The Labute approximate surface area is 103 Å². The SMILES string of the molecule is Cc1cccc(C)c1NC(=O)CC(C)N.Cl. The lowest BCUT2D eigenvalue weighted by molar-refractivity contribution is -0.116. The summed E-state index contributed by atoms with van der Waals surface area (Å²) in [4.78, 5) is 11.5. The van der Waals surface area contributed by atoms with Crippen molar-refractivity contribution in [1.82, 2.24) is 0 Å². The van der Waals surface area contributed by atoms with Crippen LogP contribution in [-0.4, -0.2) is 11.9 Å². The first kappa shape index (κ1) is 14.9. The smallest absolute Gasteiger partial charge is 0.225 e. The van der Waals surface area contributed by atoms with Crippen molar-refractivity contribution in [2.75, 3.05) is 5.32 Å². The third-order valence-corrected chi connectivity index (χ3v) is 2.25. The Balaban J connectivity index is 0.00000225. The first-order valence-electron chi connectivity index (χ1n) is 5.12. The molecule has 3 nitrogen and oxygen atoms in total. The Morgan fingerprint density at radius 1 is 1.38 bits per heavy atom. The molecule has 0 heterocycles. The summed E-state index contributed by atoms with van der Waals surface area (Å²) in [6, 6.07) is 5.84. The third-order valence-electron chi connectivity index (χ3n) is 2.25. The molecule has 1 amide bonds. The van der Waals surface area contributed by atoms with E-state index in [9.17, 15) is 4.79 Å². The fourth-order valence-electron chi connectivity index (χ4n) is 1.49. The van der Waals surface area contributed by atoms with Gasteiger partial charge in [0.15, 0.2) is 0 Å². The molecule has 1 rings (SSSR count). The molecule has 0 aromatic heterocycles. The Morgan fingerprint density at radius 2 is 1.88 bits per heavy atom. The van der Waals surface area contributed by atoms with Crippen molar-refractivity contribution in [1.29, 1.82) is 0 Å². The van der Waals surface area contributed by atoms with Gasteiger partial charge >= 0.3 is 0 Å². The second-order valence-electron chi connectivity index (χ2n) is 4.00. The van der Waals surface area contributed by atoms with Gasteiger partial charge in [-0.1, -0.05) is 18.2 Å². The van der Waals surface area contributed by atoms with Crippen molar-refractivity contribution >= 4 is 24.0 Å². The van der Waals surface area contributed by atoms with E-state index in [4.69, 9.17) is 5.73 Å². The summed E-state index contributed by atoms with van der Waals surface area (Å²) in [7, 11) is 0. The van der Waals surface area contributed by atoms with Crippen LogP contribution in [-0.2, 0) is 4.79 Å². The minimum atomic E-state index is -0.102. The lowest BCUT2D eigenvalue weighted by atomic mass is 10.1. The molecule has 1 aromatic rings. The van der Waals surface area contributed by atoms with Crippen LogP contribution in [0.1, 0.15) is 24.5 Å². The predicted molar refractivity (Wildman–Crippen MR) is 70.1 cm³/mol. The number of benzene rings is 1. The molecule has 1 unspecified atom stereocenters. The number of hydrogen-bond donors (Lipinski definition) is 2. The number of nitrogens with two attached hydrogens (primary N) is 1. The lowest BCUT2D eigenvalue weighted by Gasteiger charge is -2.12. The number of amides is 1. The molecule has 0 radical (unpaired) electrons. The fraction of sp³-hybridized carbons (Fsp3) is 0.417. The zero-order valence-electron chi connectivity index (χ0n) is 9.91. The van der Waals surface area contributed by atoms with Crippen LogP contribution in [0.25, 0.3) is 0 Å². The van der Waals surface area contributed by atoms with Gasteiger partial charge in [-0.3, -0.25) is 4.79 Å². The van der Waals surface area contributed by atoms with E-state index in [2.05, 4.69) is 5.32 Å². The standard InChI is InChI=1S/C12H18N2O.ClH/c1-8-5-4-6-9(2)12(8)14-11(15)7-10(3)13;/h4-6,10H,7,13H2,1-3H3,(H,14,15);1H. The quantitative estimate of drug-likeness (QED) is 0.855. The molecule has 1 atom stereocenters. The number of rotatable bonds is 3. The van der Waals surface area contributed by atoms with E-state index < -0.39 is 0 Å². The van der Waals surface area contributed by atoms with E-state index in [1.165, 1.54) is 0 Å². The monoisotopic (exact) mass is 242 g/mol. The van der Waals surface area contributed by atoms with Crippen molar-refractivity contribution in [2.24, 2.45) is 5.73 Å². The normalized spacial score (nSPS) is 11.5. The molecule has 4 heteroatoms. The van der Waals surface area contributed by atoms with Gasteiger partial charge in [0.05, 0.1) is 0 Å². The Kier molecular flexibility index (Phi) is 6.08. The van der Waals surface area contributed by atoms with Gasteiger partial charge in [0, 0.05) is 18.2 Å². The highest BCUT2D eigenvalue weighted by Gasteiger charge is 2.08. The van der Waals surface area contributed by atoms with Gasteiger partial charge in [0.25, 0.3) is 0 Å². The molecule has 16 heavy (non-hydrogen) atoms. The van der Waals surface area contributed by atoms with Crippen LogP contribution in [0.15, 0.2) is 18.2 Å². The van der Waals surface area contributed by atoms with E-state index in [0.29, 0.717) is 6.42 Å². The van der Waals surface area contributed by atoms with Gasteiger partial charge in [0.1, 0.15) is 0 Å². The molecule has 0 saturated heterocycles. The van der Waals surface area contributed by atoms with Crippen molar-refractivity contribution < 1.29 is 4.79 Å². The predicted octanol–water partition coefficient (Wildman–Crippen LogP) is 2.40. The summed E-state index contributed by atoms with van der Waals surface area (Å²) in [5.74, 6) is -0.0256. The number of anilines is 1. The second-order valence-corrected chi connectivity index (χ2v) is 4.00. The Hall–Kier alpha value is -1.06. The van der Waals surface area contributed by atoms with Crippen molar-refractivity contribution in [3.63, 3.8) is 0 Å². The van der Waals surface area contributed by atoms with E-state index in [1.54, 1.807) is 0 Å². The van der Waals surface area contributed by atoms with E-state index in [0.717, 1.165) is 16.8 Å². The molecule has 0 aliphatic rings. The number of aryl methyl sites for hydroxylation is 2. The van der Waals surface area contributed by atoms with E-state index in [-0.39, 0.29) is 24.4 Å². The maximum Gasteiger partial charge on any atom is 0.225 e. The number of para-hydroxylation sites is 1. The van der Waals surface area contributed by atoms with E-state index in [1.807, 2.05) is 39.0 Å². The molecule has 0 bridgehead atoms. The minimum absolute atomic E-state index is 0. The maximum absolute atomic E-state index is 11.5. The van der Waals surface area contributed by atoms with Gasteiger partial charge in [-0.2, -0.15) is 0 Å². The van der Waals surface area contributed by atoms with Crippen LogP contribution < -0.4 is 11.1 Å². The van der Waals surface area contributed by atoms with Gasteiger partial charge in [-0.25, -0.2) is 0 Å². The van der Waals surface area contributed by atoms with Crippen LogP contribution in [0.2, 0.25) is 0 Å². The van der Waals surface area contributed by atoms with Gasteiger partial charge < -0.3 is 11.1 Å². The molecule has 0 spiro atoms. The number of hydrogen-bond acceptors (Lipinski definition) is 2. The highest BCUT2D eigenvalue weighted by Crippen LogP contribution is 2.19. The highest BCUT2D eigenvalue weighted by atomic mass is 35.5. The molecule has 90 valence electrons. The van der Waals surface area contributed by atoms with E-state index >= 15 is 0 Å². The molecule has 1 aromatic carbocycles. The highest BCUT2D eigenvalue weighted by molar-refractivity contribution is 5.92. The van der Waals surface area contributed by atoms with Gasteiger partial charge in [-0.05, 0) is 31.9 Å². The van der Waals surface area contributed by atoms with Crippen LogP contribution in [0, 0.1) is 13.8 Å². The average Bonchev–Trinajstić information content (AvgIpc) is 2.10. The number of halogens is 1. The van der Waals surface area contributed by atoms with Crippen molar-refractivity contribution in [3.8, 4) is 0 Å². The largest absolute Gasteiger partial charge is 0.327 e. The molecule has 0 aliphatic carbocycles. The van der Waals surface area contributed by atoms with Crippen LogP contribution >= 0.6 is 12.4 Å². The summed E-state index contributed by atoms with van der Waals surface area (Å²) in [6.07, 6.45) is 0.355. The average molecular weight is 243 g/mol. The minimum Gasteiger partial charge on any atom is -0.327 e. The summed E-state index contributed by atoms with van der Waals surface area (Å²) in [5.41, 5.74) is 8.62. The number of carbonyl (C=O) groups is 1. The summed E-state index contributed by atoms with van der Waals surface area (Å²) < 4.78 is 0. The third kappa shape index (κ3) is 4.21. The van der Waals surface area contributed by atoms with Crippen LogP contribution in [0.5, 0.6) is 0 Å². The maximum atomic E-state index is 11.5. The number of carbonyl (C=O) groups excluding carboxylic acids is 1. The summed E-state index contributed by atoms with van der Waals surface area (Å²) in [6.45, 7) is 5.78. The lowest BCUT2D eigenvalue weighted by Crippen LogP contribution is -2.24. The zero-order chi connectivity index (χ0) is 11.4. The summed E-state index contributed by atoms with van der Waals surface area (Å²) >= 11 is 0. The van der Waals surface area contributed by atoms with Gasteiger partial charge in [-0.15, -0.1) is 12.4 Å². The van der Waals surface area contributed by atoms with Crippen LogP contribution in [0.4, 0.5) is 5.69 Å². The Bertz CT molecular complexity index is 344. The number of nitrogens with one attached hydrogen (secondary N) is 1. The Morgan fingerprint density at radius 3 is 2.31 bits per heavy atom. The fourth-order valence-corrected chi connectivity index (χ4v) is 1.49. The van der Waals surface area contributed by atoms with Crippen molar-refractivity contribution in [2.45, 2.75) is 33.2 Å². The molecule has 0 saturated carbocycles. The topological polar surface area (TPSA) is 55.1 Å². The molecular weight excluding hydrogens is 224 g/mol.